The van der Waals surface area contributed by atoms with Crippen molar-refractivity contribution < 1.29 is 23.1 Å². The van der Waals surface area contributed by atoms with Crippen LogP contribution in [0.5, 0.6) is 0 Å². The van der Waals surface area contributed by atoms with Crippen molar-refractivity contribution in [1.82, 2.24) is 0 Å². The predicted octanol–water partition coefficient (Wildman–Crippen LogP) is 4.38. The average molecular weight is 388 g/mol. The Kier molecular flexibility index (Phi) is 6.33. The topological polar surface area (TPSA) is 55.4 Å². The Morgan fingerprint density at radius 3 is 2.52 bits per heavy atom. The van der Waals surface area contributed by atoms with Gasteiger partial charge in [-0.25, -0.2) is 8.78 Å². The van der Waals surface area contributed by atoms with Crippen LogP contribution >= 0.6 is 23.2 Å². The molecule has 1 amide bonds. The minimum atomic E-state index is -1.17. The molecule has 0 unspecified atom stereocenters. The van der Waals surface area contributed by atoms with Gasteiger partial charge in [0.25, 0.3) is 5.91 Å². The fourth-order valence-electron chi connectivity index (χ4n) is 1.96. The molecule has 25 heavy (non-hydrogen) atoms. The van der Waals surface area contributed by atoms with Gasteiger partial charge in [0.05, 0.1) is 17.1 Å². The SMILES string of the molecule is C[C@@H](OC(=O)Cc1c(F)cccc1Cl)C(=O)Nc1ccc(F)cc1Cl. The normalized spacial score (nSPS) is 11.7. The third-order valence-electron chi connectivity index (χ3n) is 3.25. The molecule has 132 valence electrons. The summed E-state index contributed by atoms with van der Waals surface area (Å²) < 4.78 is 31.6. The molecule has 0 fully saturated rings. The average Bonchev–Trinajstić information content (AvgIpc) is 2.53. The molecule has 0 saturated heterocycles. The highest BCUT2D eigenvalue weighted by atomic mass is 35.5. The van der Waals surface area contributed by atoms with Crippen molar-refractivity contribution >= 4 is 40.8 Å². The van der Waals surface area contributed by atoms with Gasteiger partial charge in [-0.2, -0.15) is 0 Å². The molecule has 0 spiro atoms. The zero-order valence-corrected chi connectivity index (χ0v) is 14.5. The van der Waals surface area contributed by atoms with E-state index in [9.17, 15) is 18.4 Å². The van der Waals surface area contributed by atoms with Crippen LogP contribution in [-0.4, -0.2) is 18.0 Å². The molecule has 0 aliphatic heterocycles. The Morgan fingerprint density at radius 2 is 1.88 bits per heavy atom. The number of carbonyl (C=O) groups is 2. The number of benzene rings is 2. The molecule has 2 aromatic rings. The third kappa shape index (κ3) is 5.14. The number of rotatable bonds is 5. The van der Waals surface area contributed by atoms with Crippen molar-refractivity contribution in [1.29, 1.82) is 0 Å². The smallest absolute Gasteiger partial charge is 0.311 e. The molecule has 2 rings (SSSR count). The molecular formula is C17H13Cl2F2NO3. The number of carbonyl (C=O) groups excluding carboxylic acids is 2. The Hall–Kier alpha value is -2.18. The second kappa shape index (κ2) is 8.27. The number of esters is 1. The lowest BCUT2D eigenvalue weighted by atomic mass is 10.1. The van der Waals surface area contributed by atoms with E-state index < -0.39 is 36.0 Å². The lowest BCUT2D eigenvalue weighted by molar-refractivity contribution is -0.152. The van der Waals surface area contributed by atoms with Gasteiger partial charge in [0.15, 0.2) is 6.10 Å². The van der Waals surface area contributed by atoms with Crippen molar-refractivity contribution in [3.05, 3.63) is 63.6 Å². The molecule has 0 saturated carbocycles. The highest BCUT2D eigenvalue weighted by Gasteiger charge is 2.21. The maximum Gasteiger partial charge on any atom is 0.311 e. The molecule has 1 atom stereocenters. The van der Waals surface area contributed by atoms with E-state index in [0.29, 0.717) is 0 Å². The van der Waals surface area contributed by atoms with Crippen LogP contribution in [0.25, 0.3) is 0 Å². The molecule has 4 nitrogen and oxygen atoms in total. The number of hydrogen-bond acceptors (Lipinski definition) is 3. The van der Waals surface area contributed by atoms with Gasteiger partial charge >= 0.3 is 5.97 Å². The molecule has 0 aliphatic carbocycles. The molecular weight excluding hydrogens is 375 g/mol. The van der Waals surface area contributed by atoms with Crippen LogP contribution in [0.1, 0.15) is 12.5 Å². The van der Waals surface area contributed by atoms with Crippen LogP contribution in [0, 0.1) is 11.6 Å². The minimum Gasteiger partial charge on any atom is -0.452 e. The van der Waals surface area contributed by atoms with E-state index in [4.69, 9.17) is 27.9 Å². The van der Waals surface area contributed by atoms with Crippen molar-refractivity contribution in [2.45, 2.75) is 19.4 Å². The molecule has 1 N–H and O–H groups in total. The summed E-state index contributed by atoms with van der Waals surface area (Å²) in [6.45, 7) is 1.34. The summed E-state index contributed by atoms with van der Waals surface area (Å²) in [5, 5.41) is 2.51. The van der Waals surface area contributed by atoms with Crippen LogP contribution in [0.3, 0.4) is 0 Å². The monoisotopic (exact) mass is 387 g/mol. The Morgan fingerprint density at radius 1 is 1.16 bits per heavy atom. The zero-order chi connectivity index (χ0) is 18.6. The number of halogens is 4. The second-order valence-electron chi connectivity index (χ2n) is 5.12. The summed E-state index contributed by atoms with van der Waals surface area (Å²) >= 11 is 11.6. The Balaban J connectivity index is 1.97. The number of hydrogen-bond donors (Lipinski definition) is 1. The van der Waals surface area contributed by atoms with Crippen LogP contribution in [0.4, 0.5) is 14.5 Å². The largest absolute Gasteiger partial charge is 0.452 e. The summed E-state index contributed by atoms with van der Waals surface area (Å²) in [6, 6.07) is 7.46. The number of nitrogens with one attached hydrogen (secondary N) is 1. The number of anilines is 1. The zero-order valence-electron chi connectivity index (χ0n) is 13.0. The quantitative estimate of drug-likeness (QED) is 0.774. The lowest BCUT2D eigenvalue weighted by Crippen LogP contribution is -2.30. The lowest BCUT2D eigenvalue weighted by Gasteiger charge is -2.14. The minimum absolute atomic E-state index is 0.00464. The fraction of sp³-hybridized carbons (Fsp3) is 0.176. The van der Waals surface area contributed by atoms with Gasteiger partial charge in [0.1, 0.15) is 11.6 Å². The third-order valence-corrected chi connectivity index (χ3v) is 3.92. The fourth-order valence-corrected chi connectivity index (χ4v) is 2.41. The van der Waals surface area contributed by atoms with Crippen LogP contribution in [0.2, 0.25) is 10.0 Å². The van der Waals surface area contributed by atoms with E-state index in [0.717, 1.165) is 12.1 Å². The second-order valence-corrected chi connectivity index (χ2v) is 5.94. The first-order chi connectivity index (χ1) is 11.8. The molecule has 2 aromatic carbocycles. The summed E-state index contributed by atoms with van der Waals surface area (Å²) in [5.74, 6) is -2.68. The van der Waals surface area contributed by atoms with Crippen molar-refractivity contribution in [3.63, 3.8) is 0 Å². The predicted molar refractivity (Wildman–Crippen MR) is 90.7 cm³/mol. The van der Waals surface area contributed by atoms with Crippen LogP contribution in [-0.2, 0) is 20.7 Å². The Bertz CT molecular complexity index is 794. The van der Waals surface area contributed by atoms with Gasteiger partial charge < -0.3 is 10.1 Å². The summed E-state index contributed by atoms with van der Waals surface area (Å²) in [4.78, 5) is 23.9. The van der Waals surface area contributed by atoms with Crippen molar-refractivity contribution in [2.24, 2.45) is 0 Å². The van der Waals surface area contributed by atoms with Crippen molar-refractivity contribution in [2.75, 3.05) is 5.32 Å². The van der Waals surface area contributed by atoms with E-state index in [1.807, 2.05) is 0 Å². The Labute approximate surface area is 152 Å². The highest BCUT2D eigenvalue weighted by molar-refractivity contribution is 6.33. The number of ether oxygens (including phenoxy) is 1. The van der Waals surface area contributed by atoms with Gasteiger partial charge in [-0.3, -0.25) is 9.59 Å². The molecule has 0 heterocycles. The molecule has 0 aromatic heterocycles. The van der Waals surface area contributed by atoms with Gasteiger partial charge in [-0.1, -0.05) is 29.3 Å². The summed E-state index contributed by atoms with van der Waals surface area (Å²) in [5.41, 5.74) is 0.163. The van der Waals surface area contributed by atoms with Gasteiger partial charge in [0, 0.05) is 10.6 Å². The van der Waals surface area contributed by atoms with Gasteiger partial charge in [-0.15, -0.1) is 0 Å². The first kappa shape index (κ1) is 19.1. The maximum atomic E-state index is 13.7. The first-order valence-electron chi connectivity index (χ1n) is 7.16. The van der Waals surface area contributed by atoms with Crippen LogP contribution < -0.4 is 5.32 Å². The van der Waals surface area contributed by atoms with E-state index in [1.54, 1.807) is 0 Å². The van der Waals surface area contributed by atoms with E-state index >= 15 is 0 Å². The van der Waals surface area contributed by atoms with E-state index in [1.165, 1.54) is 31.2 Å². The molecule has 0 radical (unpaired) electrons. The van der Waals surface area contributed by atoms with Gasteiger partial charge in [-0.05, 0) is 37.3 Å². The molecule has 8 heteroatoms. The number of amides is 1. The van der Waals surface area contributed by atoms with Crippen LogP contribution in [0.15, 0.2) is 36.4 Å². The summed E-state index contributed by atoms with van der Waals surface area (Å²) in [7, 11) is 0. The first-order valence-corrected chi connectivity index (χ1v) is 7.92. The standard InChI is InChI=1S/C17H13Cl2F2NO3/c1-9(17(24)22-15-6-5-10(20)7-13(15)19)25-16(23)8-11-12(18)3-2-4-14(11)21/h2-7,9H,8H2,1H3,(H,22,24)/t9-/m1/s1. The van der Waals surface area contributed by atoms with Gasteiger partial charge in [0.2, 0.25) is 0 Å². The molecule has 0 aliphatic rings. The maximum absolute atomic E-state index is 13.7. The molecule has 0 bridgehead atoms. The van der Waals surface area contributed by atoms with Crippen molar-refractivity contribution in [3.8, 4) is 0 Å². The van der Waals surface area contributed by atoms with E-state index in [2.05, 4.69) is 5.32 Å². The summed E-state index contributed by atoms with van der Waals surface area (Å²) in [6.07, 6.45) is -1.58. The van der Waals surface area contributed by atoms with E-state index in [-0.39, 0.29) is 21.3 Å². The highest BCUT2D eigenvalue weighted by Crippen LogP contribution is 2.23.